The Kier molecular flexibility index (Phi) is 3.43. The van der Waals surface area contributed by atoms with Gasteiger partial charge in [-0.15, -0.1) is 0 Å². The molecular weight excluding hydrogens is 272 g/mol. The van der Waals surface area contributed by atoms with Crippen LogP contribution in [0, 0.1) is 0 Å². The van der Waals surface area contributed by atoms with Crippen LogP contribution in [0.25, 0.3) is 11.0 Å². The quantitative estimate of drug-likeness (QED) is 0.800. The van der Waals surface area contributed by atoms with E-state index in [4.69, 9.17) is 15.1 Å². The third-order valence-electron chi connectivity index (χ3n) is 3.02. The smallest absolute Gasteiger partial charge is 0.294 e. The Labute approximate surface area is 111 Å². The molecule has 0 aliphatic carbocycles. The molecule has 0 aliphatic heterocycles. The van der Waals surface area contributed by atoms with Crippen LogP contribution in [0.4, 0.5) is 0 Å². The van der Waals surface area contributed by atoms with Crippen molar-refractivity contribution in [1.82, 2.24) is 0 Å². The van der Waals surface area contributed by atoms with E-state index in [-0.39, 0.29) is 5.09 Å². The normalized spacial score (nSPS) is 12.5. The van der Waals surface area contributed by atoms with Gasteiger partial charge in [0.2, 0.25) is 5.09 Å². The number of halogens is 1. The van der Waals surface area contributed by atoms with E-state index in [0.29, 0.717) is 23.5 Å². The molecule has 0 unspecified atom stereocenters. The van der Waals surface area contributed by atoms with Crippen LogP contribution in [-0.2, 0) is 15.5 Å². The highest BCUT2D eigenvalue weighted by Crippen LogP contribution is 2.33. The maximum Gasteiger partial charge on any atom is 0.294 e. The molecule has 0 radical (unpaired) electrons. The lowest BCUT2D eigenvalue weighted by Crippen LogP contribution is -1.93. The second-order valence-electron chi connectivity index (χ2n) is 4.57. The molecule has 0 bridgehead atoms. The van der Waals surface area contributed by atoms with Crippen molar-refractivity contribution in [3.05, 3.63) is 29.3 Å². The Morgan fingerprint density at radius 3 is 2.50 bits per heavy atom. The molecular formula is C13H15ClO3S. The molecule has 1 aromatic carbocycles. The summed E-state index contributed by atoms with van der Waals surface area (Å²) in [7, 11) is 1.56. The molecule has 0 saturated heterocycles. The summed E-state index contributed by atoms with van der Waals surface area (Å²) in [6.07, 6.45) is 0.565. The SMILES string of the molecule is CCc1c(S(=O)(=O)Cl)oc2ccc(C(C)C)cc12. The standard InChI is InChI=1S/C13H15ClO3S/c1-4-10-11-7-9(8(2)3)5-6-12(11)17-13(10)18(14,15)16/h5-8H,4H2,1-3H3. The van der Waals surface area contributed by atoms with E-state index in [1.807, 2.05) is 19.1 Å². The van der Waals surface area contributed by atoms with Crippen molar-refractivity contribution in [2.75, 3.05) is 0 Å². The Morgan fingerprint density at radius 2 is 2.00 bits per heavy atom. The van der Waals surface area contributed by atoms with Gasteiger partial charge in [-0.2, -0.15) is 0 Å². The van der Waals surface area contributed by atoms with Gasteiger partial charge in [-0.3, -0.25) is 0 Å². The summed E-state index contributed by atoms with van der Waals surface area (Å²) >= 11 is 0. The first-order valence-corrected chi connectivity index (χ1v) is 8.15. The molecule has 0 aliphatic rings. The number of furan rings is 1. The first-order valence-electron chi connectivity index (χ1n) is 5.84. The molecule has 5 heteroatoms. The number of hydrogen-bond acceptors (Lipinski definition) is 3. The van der Waals surface area contributed by atoms with Crippen LogP contribution in [-0.4, -0.2) is 8.42 Å². The molecule has 0 atom stereocenters. The predicted octanol–water partition coefficient (Wildman–Crippen LogP) is 4.05. The summed E-state index contributed by atoms with van der Waals surface area (Å²) in [5, 5.41) is 0.713. The van der Waals surface area contributed by atoms with Crippen LogP contribution in [0.1, 0.15) is 37.8 Å². The largest absolute Gasteiger partial charge is 0.443 e. The van der Waals surface area contributed by atoms with E-state index in [2.05, 4.69) is 13.8 Å². The third-order valence-corrected chi connectivity index (χ3v) is 4.21. The Hall–Kier alpha value is -1.00. The minimum atomic E-state index is -3.83. The Bertz CT molecular complexity index is 684. The van der Waals surface area contributed by atoms with E-state index in [1.54, 1.807) is 6.07 Å². The summed E-state index contributed by atoms with van der Waals surface area (Å²) in [5.41, 5.74) is 2.37. The highest BCUT2D eigenvalue weighted by molar-refractivity contribution is 8.13. The average Bonchev–Trinajstić information content (AvgIpc) is 2.65. The van der Waals surface area contributed by atoms with Crippen LogP contribution in [0.15, 0.2) is 27.7 Å². The average molecular weight is 287 g/mol. The second-order valence-corrected chi connectivity index (χ2v) is 7.04. The van der Waals surface area contributed by atoms with Crippen LogP contribution >= 0.6 is 10.7 Å². The van der Waals surface area contributed by atoms with E-state index >= 15 is 0 Å². The van der Waals surface area contributed by atoms with Crippen LogP contribution < -0.4 is 0 Å². The molecule has 18 heavy (non-hydrogen) atoms. The summed E-state index contributed by atoms with van der Waals surface area (Å²) in [5.74, 6) is 0.380. The number of aryl methyl sites for hydroxylation is 1. The monoisotopic (exact) mass is 286 g/mol. The predicted molar refractivity (Wildman–Crippen MR) is 72.7 cm³/mol. The molecule has 1 aromatic heterocycles. The van der Waals surface area contributed by atoms with Crippen LogP contribution in [0.2, 0.25) is 0 Å². The molecule has 98 valence electrons. The number of rotatable bonds is 3. The summed E-state index contributed by atoms with van der Waals surface area (Å²) in [6.45, 7) is 6.07. The third kappa shape index (κ3) is 2.27. The molecule has 0 spiro atoms. The van der Waals surface area contributed by atoms with Crippen molar-refractivity contribution >= 4 is 30.7 Å². The van der Waals surface area contributed by atoms with Gasteiger partial charge < -0.3 is 4.42 Å². The maximum atomic E-state index is 11.5. The Balaban J connectivity index is 2.79. The van der Waals surface area contributed by atoms with Crippen molar-refractivity contribution in [3.8, 4) is 0 Å². The van der Waals surface area contributed by atoms with Crippen molar-refractivity contribution in [1.29, 1.82) is 0 Å². The minimum absolute atomic E-state index is 0.123. The fraction of sp³-hybridized carbons (Fsp3) is 0.385. The molecule has 2 rings (SSSR count). The van der Waals surface area contributed by atoms with Crippen molar-refractivity contribution in [3.63, 3.8) is 0 Å². The molecule has 0 saturated carbocycles. The molecule has 3 nitrogen and oxygen atoms in total. The molecule has 0 fully saturated rings. The zero-order valence-electron chi connectivity index (χ0n) is 10.5. The van der Waals surface area contributed by atoms with Crippen molar-refractivity contribution in [2.24, 2.45) is 0 Å². The molecule has 0 amide bonds. The van der Waals surface area contributed by atoms with Gasteiger partial charge in [-0.05, 0) is 30.0 Å². The van der Waals surface area contributed by atoms with E-state index in [9.17, 15) is 8.42 Å². The topological polar surface area (TPSA) is 47.3 Å². The fourth-order valence-electron chi connectivity index (χ4n) is 2.03. The first-order chi connectivity index (χ1) is 8.34. The summed E-state index contributed by atoms with van der Waals surface area (Å²) in [4.78, 5) is 0. The highest BCUT2D eigenvalue weighted by atomic mass is 35.7. The van der Waals surface area contributed by atoms with Crippen LogP contribution in [0.5, 0.6) is 0 Å². The van der Waals surface area contributed by atoms with E-state index in [0.717, 1.165) is 10.9 Å². The lowest BCUT2D eigenvalue weighted by atomic mass is 10.0. The van der Waals surface area contributed by atoms with Gasteiger partial charge in [0.25, 0.3) is 9.05 Å². The zero-order valence-corrected chi connectivity index (χ0v) is 12.1. The summed E-state index contributed by atoms with van der Waals surface area (Å²) < 4.78 is 28.3. The van der Waals surface area contributed by atoms with Gasteiger partial charge in [-0.1, -0.05) is 26.8 Å². The van der Waals surface area contributed by atoms with Crippen molar-refractivity contribution in [2.45, 2.75) is 38.2 Å². The Morgan fingerprint density at radius 1 is 1.33 bits per heavy atom. The van der Waals surface area contributed by atoms with Crippen LogP contribution in [0.3, 0.4) is 0 Å². The number of benzene rings is 1. The highest BCUT2D eigenvalue weighted by Gasteiger charge is 2.23. The lowest BCUT2D eigenvalue weighted by Gasteiger charge is -2.04. The molecule has 2 aromatic rings. The van der Waals surface area contributed by atoms with E-state index in [1.165, 1.54) is 0 Å². The first kappa shape index (κ1) is 13.4. The van der Waals surface area contributed by atoms with Gasteiger partial charge in [0, 0.05) is 21.6 Å². The summed E-state index contributed by atoms with van der Waals surface area (Å²) in [6, 6.07) is 5.73. The lowest BCUT2D eigenvalue weighted by molar-refractivity contribution is 0.481. The number of fused-ring (bicyclic) bond motifs is 1. The number of hydrogen-bond donors (Lipinski definition) is 0. The van der Waals surface area contributed by atoms with E-state index < -0.39 is 9.05 Å². The maximum absolute atomic E-state index is 11.5. The molecule has 0 N–H and O–H groups in total. The minimum Gasteiger partial charge on any atom is -0.443 e. The van der Waals surface area contributed by atoms with Gasteiger partial charge >= 0.3 is 0 Å². The van der Waals surface area contributed by atoms with Gasteiger partial charge in [0.05, 0.1) is 0 Å². The fourth-order valence-corrected chi connectivity index (χ4v) is 3.15. The second kappa shape index (κ2) is 4.59. The van der Waals surface area contributed by atoms with Crippen molar-refractivity contribution < 1.29 is 12.8 Å². The molecule has 1 heterocycles. The van der Waals surface area contributed by atoms with Gasteiger partial charge in [0.15, 0.2) is 0 Å². The van der Waals surface area contributed by atoms with Gasteiger partial charge in [0.1, 0.15) is 5.58 Å². The van der Waals surface area contributed by atoms with Gasteiger partial charge in [-0.25, -0.2) is 8.42 Å². The zero-order chi connectivity index (χ0) is 13.5.